The normalized spacial score (nSPS) is 12.9. The van der Waals surface area contributed by atoms with Crippen LogP contribution in [0.4, 0.5) is 11.4 Å². The van der Waals surface area contributed by atoms with E-state index in [2.05, 4.69) is 30.0 Å². The largest absolute Gasteiger partial charge is 0.497 e. The van der Waals surface area contributed by atoms with Gasteiger partial charge in [0.2, 0.25) is 0 Å². The van der Waals surface area contributed by atoms with Gasteiger partial charge in [0.05, 0.1) is 13.7 Å². The maximum Gasteiger partial charge on any atom is 0.331 e. The number of carboxylic acids is 1. The van der Waals surface area contributed by atoms with Crippen molar-refractivity contribution in [2.45, 2.75) is 26.2 Å². The van der Waals surface area contributed by atoms with Crippen LogP contribution in [0.2, 0.25) is 0 Å². The summed E-state index contributed by atoms with van der Waals surface area (Å²) in [5, 5.41) is 9.74. The summed E-state index contributed by atoms with van der Waals surface area (Å²) < 4.78 is 16.6. The molecule has 0 atom stereocenters. The molecule has 0 fully saturated rings. The molecule has 0 saturated carbocycles. The van der Waals surface area contributed by atoms with Crippen molar-refractivity contribution >= 4 is 23.4 Å². The Morgan fingerprint density at radius 1 is 0.917 bits per heavy atom. The maximum absolute atomic E-state index is 11.9. The van der Waals surface area contributed by atoms with Crippen LogP contribution in [-0.2, 0) is 9.53 Å². The predicted octanol–water partition coefficient (Wildman–Crippen LogP) is 6.57. The summed E-state index contributed by atoms with van der Waals surface area (Å²) in [7, 11) is 1.64. The molecule has 0 saturated heterocycles. The SMILES string of the molecule is CCCCOCCOc1ccc(-c2ccc3c(c2)C=C(C(=O)O)CCN3c2ccc(OC)cc2)cc1. The zero-order chi connectivity index (χ0) is 25.3. The molecule has 188 valence electrons. The Morgan fingerprint density at radius 3 is 2.33 bits per heavy atom. The molecule has 6 nitrogen and oxygen atoms in total. The predicted molar refractivity (Wildman–Crippen MR) is 143 cm³/mol. The smallest absolute Gasteiger partial charge is 0.331 e. The van der Waals surface area contributed by atoms with E-state index in [-0.39, 0.29) is 0 Å². The Balaban J connectivity index is 1.55. The first-order valence-electron chi connectivity index (χ1n) is 12.4. The third-order valence-corrected chi connectivity index (χ3v) is 6.24. The fourth-order valence-corrected chi connectivity index (χ4v) is 4.22. The molecule has 0 aromatic heterocycles. The van der Waals surface area contributed by atoms with E-state index in [0.29, 0.717) is 31.8 Å². The molecule has 1 N–H and O–H groups in total. The number of aliphatic carboxylic acids is 1. The van der Waals surface area contributed by atoms with Crippen molar-refractivity contribution in [2.24, 2.45) is 0 Å². The molecule has 36 heavy (non-hydrogen) atoms. The lowest BCUT2D eigenvalue weighted by Gasteiger charge is -2.25. The van der Waals surface area contributed by atoms with Crippen LogP contribution in [0.15, 0.2) is 72.3 Å². The second-order valence-electron chi connectivity index (χ2n) is 8.69. The van der Waals surface area contributed by atoms with Gasteiger partial charge in [-0.3, -0.25) is 0 Å². The molecule has 1 heterocycles. The van der Waals surface area contributed by atoms with Crippen molar-refractivity contribution < 1.29 is 24.1 Å². The summed E-state index contributed by atoms with van der Waals surface area (Å²) in [6.45, 7) is 4.58. The summed E-state index contributed by atoms with van der Waals surface area (Å²) in [5.41, 5.74) is 5.29. The molecular weight excluding hydrogens is 454 g/mol. The Kier molecular flexibility index (Phi) is 8.63. The van der Waals surface area contributed by atoms with Gasteiger partial charge in [-0.15, -0.1) is 0 Å². The van der Waals surface area contributed by atoms with Gasteiger partial charge in [0.15, 0.2) is 0 Å². The number of rotatable bonds is 11. The number of carboxylic acid groups (broad SMARTS) is 1. The van der Waals surface area contributed by atoms with E-state index in [1.807, 2.05) is 48.5 Å². The molecule has 1 aliphatic heterocycles. The number of hydrogen-bond donors (Lipinski definition) is 1. The highest BCUT2D eigenvalue weighted by Crippen LogP contribution is 2.37. The number of fused-ring (bicyclic) bond motifs is 1. The molecule has 0 amide bonds. The van der Waals surface area contributed by atoms with Gasteiger partial charge in [-0.25, -0.2) is 4.79 Å². The van der Waals surface area contributed by atoms with Gasteiger partial charge in [-0.05, 0) is 84.1 Å². The summed E-state index contributed by atoms with van der Waals surface area (Å²) in [4.78, 5) is 14.0. The van der Waals surface area contributed by atoms with Crippen LogP contribution in [0.25, 0.3) is 17.2 Å². The van der Waals surface area contributed by atoms with Gasteiger partial charge >= 0.3 is 5.97 Å². The van der Waals surface area contributed by atoms with E-state index in [4.69, 9.17) is 14.2 Å². The molecule has 0 aliphatic carbocycles. The van der Waals surface area contributed by atoms with Crippen LogP contribution < -0.4 is 14.4 Å². The minimum atomic E-state index is -0.886. The highest BCUT2D eigenvalue weighted by Gasteiger charge is 2.21. The third-order valence-electron chi connectivity index (χ3n) is 6.24. The van der Waals surface area contributed by atoms with E-state index in [1.165, 1.54) is 0 Å². The lowest BCUT2D eigenvalue weighted by Crippen LogP contribution is -2.19. The standard InChI is InChI=1S/C30H33NO5/c1-3-4-17-35-18-19-36-28-10-5-22(6-11-28)23-7-14-29-25(20-23)21-24(30(32)33)15-16-31(29)26-8-12-27(34-2)13-9-26/h5-14,20-21H,3-4,15-19H2,1-2H3,(H,32,33). The van der Waals surface area contributed by atoms with Gasteiger partial charge in [0.1, 0.15) is 18.1 Å². The minimum Gasteiger partial charge on any atom is -0.497 e. The van der Waals surface area contributed by atoms with Crippen molar-refractivity contribution in [3.63, 3.8) is 0 Å². The van der Waals surface area contributed by atoms with E-state index in [0.717, 1.165) is 59.0 Å². The molecule has 6 heteroatoms. The summed E-state index contributed by atoms with van der Waals surface area (Å²) in [5.74, 6) is 0.694. The number of hydrogen-bond acceptors (Lipinski definition) is 5. The quantitative estimate of drug-likeness (QED) is 0.309. The number of methoxy groups -OCH3 is 1. The first-order valence-corrected chi connectivity index (χ1v) is 12.4. The van der Waals surface area contributed by atoms with Crippen molar-refractivity contribution in [3.8, 4) is 22.6 Å². The first-order chi connectivity index (χ1) is 17.6. The average molecular weight is 488 g/mol. The number of nitrogens with zero attached hydrogens (tertiary/aromatic N) is 1. The van der Waals surface area contributed by atoms with Crippen LogP contribution in [-0.4, -0.2) is 44.6 Å². The van der Waals surface area contributed by atoms with Crippen LogP contribution >= 0.6 is 0 Å². The molecule has 1 aliphatic rings. The Morgan fingerprint density at radius 2 is 1.64 bits per heavy atom. The fraction of sp³-hybridized carbons (Fsp3) is 0.300. The van der Waals surface area contributed by atoms with Gasteiger partial charge in [-0.1, -0.05) is 31.5 Å². The Labute approximate surface area is 212 Å². The molecule has 0 spiro atoms. The Hall–Kier alpha value is -3.77. The fourth-order valence-electron chi connectivity index (χ4n) is 4.22. The lowest BCUT2D eigenvalue weighted by molar-refractivity contribution is -0.132. The number of carbonyl (C=O) groups is 1. The Bertz CT molecular complexity index is 1180. The monoisotopic (exact) mass is 487 g/mol. The van der Waals surface area contributed by atoms with Gasteiger partial charge in [-0.2, -0.15) is 0 Å². The molecule has 0 radical (unpaired) electrons. The first kappa shape index (κ1) is 25.3. The lowest BCUT2D eigenvalue weighted by atomic mass is 10.00. The second-order valence-corrected chi connectivity index (χ2v) is 8.69. The van der Waals surface area contributed by atoms with Gasteiger partial charge in [0.25, 0.3) is 0 Å². The molecular formula is C30H33NO5. The molecule has 3 aromatic rings. The van der Waals surface area contributed by atoms with Crippen molar-refractivity contribution in [1.29, 1.82) is 0 Å². The van der Waals surface area contributed by atoms with E-state index < -0.39 is 5.97 Å². The highest BCUT2D eigenvalue weighted by atomic mass is 16.5. The van der Waals surface area contributed by atoms with Crippen LogP contribution in [0.1, 0.15) is 31.7 Å². The maximum atomic E-state index is 11.9. The summed E-state index contributed by atoms with van der Waals surface area (Å²) in [6.07, 6.45) is 4.43. The molecule has 3 aromatic carbocycles. The van der Waals surface area contributed by atoms with E-state index in [9.17, 15) is 9.90 Å². The van der Waals surface area contributed by atoms with Crippen molar-refractivity contribution in [2.75, 3.05) is 38.4 Å². The van der Waals surface area contributed by atoms with Crippen LogP contribution in [0.5, 0.6) is 11.5 Å². The number of ether oxygens (including phenoxy) is 3. The second kappa shape index (κ2) is 12.3. The molecule has 0 unspecified atom stereocenters. The van der Waals surface area contributed by atoms with Crippen molar-refractivity contribution in [3.05, 3.63) is 77.9 Å². The van der Waals surface area contributed by atoms with Crippen LogP contribution in [0.3, 0.4) is 0 Å². The summed E-state index contributed by atoms with van der Waals surface area (Å²) >= 11 is 0. The molecule has 4 rings (SSSR count). The highest BCUT2D eigenvalue weighted by molar-refractivity contribution is 5.95. The molecule has 0 bridgehead atoms. The van der Waals surface area contributed by atoms with Crippen molar-refractivity contribution in [1.82, 2.24) is 0 Å². The van der Waals surface area contributed by atoms with E-state index in [1.54, 1.807) is 13.2 Å². The van der Waals surface area contributed by atoms with Gasteiger partial charge in [0, 0.05) is 30.1 Å². The minimum absolute atomic E-state index is 0.398. The zero-order valence-corrected chi connectivity index (χ0v) is 20.9. The third kappa shape index (κ3) is 6.26. The zero-order valence-electron chi connectivity index (χ0n) is 20.9. The summed E-state index contributed by atoms with van der Waals surface area (Å²) in [6, 6.07) is 22.0. The topological polar surface area (TPSA) is 68.2 Å². The average Bonchev–Trinajstić information content (AvgIpc) is 3.10. The number of benzene rings is 3. The number of unbranched alkanes of at least 4 members (excludes halogenated alkanes) is 1. The van der Waals surface area contributed by atoms with Crippen LogP contribution in [0, 0.1) is 0 Å². The van der Waals surface area contributed by atoms with E-state index >= 15 is 0 Å². The number of anilines is 2. The van der Waals surface area contributed by atoms with Gasteiger partial charge < -0.3 is 24.2 Å².